The molecule has 0 bridgehead atoms. The fourth-order valence-corrected chi connectivity index (χ4v) is 13.7. The Morgan fingerprint density at radius 1 is 0.278 bits per heavy atom. The maximum Gasteiger partial charge on any atom is 0.140 e. The second-order valence-corrected chi connectivity index (χ2v) is 19.8. The van der Waals surface area contributed by atoms with Gasteiger partial charge in [0.1, 0.15) is 11.5 Å². The van der Waals surface area contributed by atoms with Crippen molar-refractivity contribution >= 4 is 38.6 Å². The van der Waals surface area contributed by atoms with Crippen LogP contribution in [0.3, 0.4) is 0 Å². The third-order valence-electron chi connectivity index (χ3n) is 16.5. The van der Waals surface area contributed by atoms with Gasteiger partial charge in [-0.05, 0) is 113 Å². The smallest absolute Gasteiger partial charge is 0.140 e. The van der Waals surface area contributed by atoms with Crippen LogP contribution in [0.5, 0.6) is 11.5 Å². The van der Waals surface area contributed by atoms with Crippen LogP contribution >= 0.6 is 0 Å². The van der Waals surface area contributed by atoms with Crippen LogP contribution in [0.15, 0.2) is 261 Å². The van der Waals surface area contributed by atoms with Crippen molar-refractivity contribution < 1.29 is 4.74 Å². The summed E-state index contributed by atoms with van der Waals surface area (Å²) in [5, 5.41) is 4.53. The van der Waals surface area contributed by atoms with Gasteiger partial charge in [0, 0.05) is 38.8 Å². The van der Waals surface area contributed by atoms with Gasteiger partial charge in [0.2, 0.25) is 0 Å². The van der Waals surface area contributed by atoms with Gasteiger partial charge in [-0.25, -0.2) is 0 Å². The van der Waals surface area contributed by atoms with Crippen molar-refractivity contribution in [3.05, 3.63) is 305 Å². The molecule has 2 heteroatoms. The summed E-state index contributed by atoms with van der Waals surface area (Å²) in [6.45, 7) is 0. The van der Waals surface area contributed by atoms with Crippen molar-refractivity contribution in [2.75, 3.05) is 4.90 Å². The summed E-state index contributed by atoms with van der Waals surface area (Å²) in [5.74, 6) is 1.83. The zero-order chi connectivity index (χ0) is 47.1. The molecule has 0 saturated heterocycles. The molecular weight excluding hydrogens is 871 g/mol. The minimum Gasteiger partial charge on any atom is -0.455 e. The molecule has 0 unspecified atom stereocenters. The quantitative estimate of drug-likeness (QED) is 0.174. The van der Waals surface area contributed by atoms with Crippen LogP contribution in [-0.4, -0.2) is 0 Å². The third kappa shape index (κ3) is 5.03. The van der Waals surface area contributed by atoms with Crippen LogP contribution < -0.4 is 9.64 Å². The van der Waals surface area contributed by atoms with Gasteiger partial charge in [-0.3, -0.25) is 0 Å². The van der Waals surface area contributed by atoms with E-state index in [-0.39, 0.29) is 0 Å². The van der Waals surface area contributed by atoms with E-state index in [1.807, 2.05) is 0 Å². The zero-order valence-corrected chi connectivity index (χ0v) is 39.2. The molecule has 16 rings (SSSR count). The van der Waals surface area contributed by atoms with Gasteiger partial charge in [-0.1, -0.05) is 231 Å². The predicted octanol–water partition coefficient (Wildman–Crippen LogP) is 17.9. The Labute approximate surface area is 418 Å². The summed E-state index contributed by atoms with van der Waals surface area (Å²) in [7, 11) is 0. The molecule has 0 N–H and O–H groups in total. The van der Waals surface area contributed by atoms with Crippen molar-refractivity contribution in [1.29, 1.82) is 0 Å². The van der Waals surface area contributed by atoms with Gasteiger partial charge < -0.3 is 9.64 Å². The van der Waals surface area contributed by atoms with E-state index >= 15 is 0 Å². The van der Waals surface area contributed by atoms with Gasteiger partial charge in [0.05, 0.1) is 16.5 Å². The molecule has 1 heterocycles. The molecule has 0 atom stereocenters. The highest BCUT2D eigenvalue weighted by atomic mass is 16.5. The molecule has 3 aliphatic carbocycles. The van der Waals surface area contributed by atoms with Crippen molar-refractivity contribution in [3.8, 4) is 56.0 Å². The SMILES string of the molecule is c1ccc(-c2cccc(N(c3ccc4c(c3)C3(c5ccccc5-4)c4ccc5ccccc5c4Oc4c3ccc3ccccc43)c3cccc4c3-c3ccccc3C43c4ccccc4-c4ccccc43)c2)cc1. The summed E-state index contributed by atoms with van der Waals surface area (Å²) >= 11 is 0. The fourth-order valence-electron chi connectivity index (χ4n) is 13.7. The van der Waals surface area contributed by atoms with E-state index in [0.717, 1.165) is 66.8 Å². The molecule has 2 spiro atoms. The van der Waals surface area contributed by atoms with Gasteiger partial charge in [-0.15, -0.1) is 0 Å². The molecule has 4 aliphatic rings. The fraction of sp³-hybridized carbons (Fsp3) is 0.0286. The lowest BCUT2D eigenvalue weighted by atomic mass is 9.65. The number of nitrogens with zero attached hydrogens (tertiary/aromatic N) is 1. The molecule has 12 aromatic carbocycles. The summed E-state index contributed by atoms with van der Waals surface area (Å²) in [6.07, 6.45) is 0. The largest absolute Gasteiger partial charge is 0.455 e. The molecule has 0 amide bonds. The van der Waals surface area contributed by atoms with Gasteiger partial charge in [0.15, 0.2) is 0 Å². The van der Waals surface area contributed by atoms with E-state index in [0.29, 0.717) is 0 Å². The maximum absolute atomic E-state index is 7.36. The van der Waals surface area contributed by atoms with Gasteiger partial charge in [0.25, 0.3) is 0 Å². The lowest BCUT2D eigenvalue weighted by molar-refractivity contribution is 0.447. The van der Waals surface area contributed by atoms with Crippen LogP contribution in [0, 0.1) is 0 Å². The van der Waals surface area contributed by atoms with Crippen molar-refractivity contribution in [2.45, 2.75) is 10.8 Å². The first-order valence-corrected chi connectivity index (χ1v) is 25.1. The number of benzene rings is 12. The second-order valence-electron chi connectivity index (χ2n) is 19.8. The zero-order valence-electron chi connectivity index (χ0n) is 39.2. The maximum atomic E-state index is 7.36. The number of anilines is 3. The van der Waals surface area contributed by atoms with E-state index in [1.165, 1.54) is 72.3 Å². The Balaban J connectivity index is 1.01. The first-order valence-electron chi connectivity index (χ1n) is 25.1. The van der Waals surface area contributed by atoms with Crippen molar-refractivity contribution in [2.24, 2.45) is 0 Å². The molecule has 0 radical (unpaired) electrons. The minimum atomic E-state index is -0.705. The highest BCUT2D eigenvalue weighted by Crippen LogP contribution is 2.67. The first kappa shape index (κ1) is 39.6. The second kappa shape index (κ2) is 14.6. The topological polar surface area (TPSA) is 12.5 Å². The summed E-state index contributed by atoms with van der Waals surface area (Å²) in [4.78, 5) is 2.55. The molecule has 0 saturated carbocycles. The summed E-state index contributed by atoms with van der Waals surface area (Å²) in [6, 6.07) is 97.2. The number of hydrogen-bond acceptors (Lipinski definition) is 2. The highest BCUT2D eigenvalue weighted by Gasteiger charge is 2.54. The number of ether oxygens (including phenoxy) is 1. The highest BCUT2D eigenvalue weighted by molar-refractivity contribution is 6.04. The van der Waals surface area contributed by atoms with E-state index < -0.39 is 10.8 Å². The first-order chi connectivity index (χ1) is 35.7. The number of hydrogen-bond donors (Lipinski definition) is 0. The molecule has 0 fully saturated rings. The van der Waals surface area contributed by atoms with Gasteiger partial charge in [-0.2, -0.15) is 0 Å². The van der Waals surface area contributed by atoms with Crippen LogP contribution in [0.25, 0.3) is 66.1 Å². The van der Waals surface area contributed by atoms with Crippen molar-refractivity contribution in [1.82, 2.24) is 0 Å². The Hall–Kier alpha value is -9.24. The van der Waals surface area contributed by atoms with Crippen LogP contribution in [0.2, 0.25) is 0 Å². The van der Waals surface area contributed by atoms with Crippen LogP contribution in [-0.2, 0) is 10.8 Å². The molecule has 72 heavy (non-hydrogen) atoms. The molecule has 2 nitrogen and oxygen atoms in total. The predicted molar refractivity (Wildman–Crippen MR) is 295 cm³/mol. The lowest BCUT2D eigenvalue weighted by Crippen LogP contribution is -2.32. The third-order valence-corrected chi connectivity index (χ3v) is 16.5. The van der Waals surface area contributed by atoms with E-state index in [1.54, 1.807) is 0 Å². The molecule has 334 valence electrons. The number of fused-ring (bicyclic) bond motifs is 23. The summed E-state index contributed by atoms with van der Waals surface area (Å²) in [5.41, 5.74) is 22.2. The Bertz CT molecular complexity index is 4150. The molecular formula is C70H43NO. The van der Waals surface area contributed by atoms with Gasteiger partial charge >= 0.3 is 0 Å². The van der Waals surface area contributed by atoms with Crippen LogP contribution in [0.4, 0.5) is 17.1 Å². The lowest BCUT2D eigenvalue weighted by Gasteiger charge is -2.40. The Morgan fingerprint density at radius 3 is 1.36 bits per heavy atom. The standard InChI is InChI=1S/C70H43NO/c1-2-18-44(19-3-1)47-22-16-23-48(42-47)71(65-35-17-34-61-66(65)56-29-11-15-33-60(56)69(61)57-30-12-8-26-52(57)53-27-9-13-31-58(53)69)49-38-39-55-54-28-10-14-32-59(54)70(64(55)43-49)62-40-36-45-20-4-6-24-50(45)67(62)72-68-51-25-7-5-21-46(51)37-41-63(68)70/h1-43H. The average molecular weight is 914 g/mol. The van der Waals surface area contributed by atoms with E-state index in [9.17, 15) is 0 Å². The monoisotopic (exact) mass is 913 g/mol. The molecule has 1 aliphatic heterocycles. The average Bonchev–Trinajstić information content (AvgIpc) is 4.04. The molecule has 12 aromatic rings. The minimum absolute atomic E-state index is 0.489. The van der Waals surface area contributed by atoms with Crippen molar-refractivity contribution in [3.63, 3.8) is 0 Å². The van der Waals surface area contributed by atoms with E-state index in [4.69, 9.17) is 4.74 Å². The Morgan fingerprint density at radius 2 is 0.736 bits per heavy atom. The van der Waals surface area contributed by atoms with E-state index in [2.05, 4.69) is 266 Å². The summed E-state index contributed by atoms with van der Waals surface area (Å²) < 4.78 is 7.36. The van der Waals surface area contributed by atoms with Crippen LogP contribution in [0.1, 0.15) is 44.5 Å². The number of rotatable bonds is 4. The normalized spacial score (nSPS) is 14.2. The molecule has 0 aromatic heterocycles. The Kier molecular flexibility index (Phi) is 8.05.